The van der Waals surface area contributed by atoms with E-state index in [0.29, 0.717) is 11.5 Å². The molecule has 3 heterocycles. The van der Waals surface area contributed by atoms with Gasteiger partial charge in [0.15, 0.2) is 5.82 Å². The van der Waals surface area contributed by atoms with Crippen LogP contribution in [0.2, 0.25) is 0 Å². The van der Waals surface area contributed by atoms with Crippen LogP contribution < -0.4 is 5.32 Å². The number of anilines is 2. The number of benzene rings is 1. The lowest BCUT2D eigenvalue weighted by Crippen LogP contribution is -1.99. The Hall–Kier alpha value is -3.06. The third-order valence-electron chi connectivity index (χ3n) is 3.40. The van der Waals surface area contributed by atoms with E-state index in [1.165, 1.54) is 17.7 Å². The summed E-state index contributed by atoms with van der Waals surface area (Å²) in [5, 5.41) is 13.2. The standard InChI is InChI=1S/C16H10N4O2S/c21-16(22)9-3-1-4-10(7-9)20-14-13-12(18-8-19-14)11-5-2-6-17-15(11)23-13/h1-8H,(H,21,22)(H,18,19,20). The maximum atomic E-state index is 11.1. The summed E-state index contributed by atoms with van der Waals surface area (Å²) in [6.45, 7) is 0. The van der Waals surface area contributed by atoms with Gasteiger partial charge >= 0.3 is 5.97 Å². The van der Waals surface area contributed by atoms with E-state index in [4.69, 9.17) is 5.11 Å². The molecular weight excluding hydrogens is 312 g/mol. The van der Waals surface area contributed by atoms with Crippen LogP contribution in [0.5, 0.6) is 0 Å². The summed E-state index contributed by atoms with van der Waals surface area (Å²) in [4.78, 5) is 24.9. The SMILES string of the molecule is O=C(O)c1cccc(Nc2ncnc3c2sc2ncccc23)c1. The second-order valence-corrected chi connectivity index (χ2v) is 5.87. The first-order chi connectivity index (χ1) is 11.2. The Morgan fingerprint density at radius 1 is 1.13 bits per heavy atom. The predicted molar refractivity (Wildman–Crippen MR) is 89.4 cm³/mol. The largest absolute Gasteiger partial charge is 0.478 e. The van der Waals surface area contributed by atoms with Crippen LogP contribution in [0, 0.1) is 0 Å². The molecule has 112 valence electrons. The zero-order valence-electron chi connectivity index (χ0n) is 11.7. The van der Waals surface area contributed by atoms with Crippen molar-refractivity contribution in [2.75, 3.05) is 5.32 Å². The molecule has 0 fully saturated rings. The van der Waals surface area contributed by atoms with Crippen molar-refractivity contribution in [3.8, 4) is 0 Å². The van der Waals surface area contributed by atoms with Crippen LogP contribution in [0.25, 0.3) is 20.4 Å². The molecule has 0 amide bonds. The molecule has 23 heavy (non-hydrogen) atoms. The lowest BCUT2D eigenvalue weighted by molar-refractivity contribution is 0.0697. The molecule has 6 nitrogen and oxygen atoms in total. The fraction of sp³-hybridized carbons (Fsp3) is 0. The smallest absolute Gasteiger partial charge is 0.335 e. The normalized spacial score (nSPS) is 11.0. The molecule has 1 aromatic carbocycles. The molecule has 0 saturated heterocycles. The van der Waals surface area contributed by atoms with E-state index >= 15 is 0 Å². The summed E-state index contributed by atoms with van der Waals surface area (Å²) in [5.74, 6) is -0.326. The zero-order valence-corrected chi connectivity index (χ0v) is 12.5. The maximum Gasteiger partial charge on any atom is 0.335 e. The number of aromatic nitrogens is 3. The quantitative estimate of drug-likeness (QED) is 0.598. The number of hydrogen-bond donors (Lipinski definition) is 2. The van der Waals surface area contributed by atoms with E-state index in [1.807, 2.05) is 12.1 Å². The molecule has 0 saturated carbocycles. The number of carbonyl (C=O) groups is 1. The average molecular weight is 322 g/mol. The number of nitrogens with one attached hydrogen (secondary N) is 1. The van der Waals surface area contributed by atoms with E-state index in [1.54, 1.807) is 30.5 Å². The minimum absolute atomic E-state index is 0.221. The molecule has 4 rings (SSSR count). The summed E-state index contributed by atoms with van der Waals surface area (Å²) in [6, 6.07) is 10.5. The lowest BCUT2D eigenvalue weighted by Gasteiger charge is -2.06. The molecule has 7 heteroatoms. The van der Waals surface area contributed by atoms with Gasteiger partial charge in [0, 0.05) is 17.3 Å². The fourth-order valence-electron chi connectivity index (χ4n) is 2.37. The van der Waals surface area contributed by atoms with Gasteiger partial charge in [-0.15, -0.1) is 11.3 Å². The zero-order chi connectivity index (χ0) is 15.8. The average Bonchev–Trinajstić information content (AvgIpc) is 2.95. The Labute approximate surface area is 134 Å². The van der Waals surface area contributed by atoms with E-state index in [2.05, 4.69) is 20.3 Å². The van der Waals surface area contributed by atoms with Crippen molar-refractivity contribution in [2.45, 2.75) is 0 Å². The highest BCUT2D eigenvalue weighted by molar-refractivity contribution is 7.25. The number of fused-ring (bicyclic) bond motifs is 3. The van der Waals surface area contributed by atoms with Crippen LogP contribution in [0.1, 0.15) is 10.4 Å². The van der Waals surface area contributed by atoms with Gasteiger partial charge in [-0.2, -0.15) is 0 Å². The molecule has 0 aliphatic rings. The van der Waals surface area contributed by atoms with Crippen molar-refractivity contribution in [1.29, 1.82) is 0 Å². The lowest BCUT2D eigenvalue weighted by atomic mass is 10.2. The number of nitrogens with zero attached hydrogens (tertiary/aromatic N) is 3. The molecule has 0 aliphatic carbocycles. The first-order valence-electron chi connectivity index (χ1n) is 6.81. The molecule has 3 aromatic heterocycles. The van der Waals surface area contributed by atoms with Crippen molar-refractivity contribution >= 4 is 49.2 Å². The van der Waals surface area contributed by atoms with Gasteiger partial charge in [-0.25, -0.2) is 19.7 Å². The monoisotopic (exact) mass is 322 g/mol. The highest BCUT2D eigenvalue weighted by atomic mass is 32.1. The Bertz CT molecular complexity index is 1040. The Morgan fingerprint density at radius 2 is 2.04 bits per heavy atom. The highest BCUT2D eigenvalue weighted by Gasteiger charge is 2.12. The van der Waals surface area contributed by atoms with Gasteiger partial charge in [-0.05, 0) is 30.3 Å². The fourth-order valence-corrected chi connectivity index (χ4v) is 3.41. The Kier molecular flexibility index (Phi) is 3.13. The van der Waals surface area contributed by atoms with E-state index < -0.39 is 5.97 Å². The molecule has 0 aliphatic heterocycles. The predicted octanol–water partition coefficient (Wildman–Crippen LogP) is 3.68. The van der Waals surface area contributed by atoms with E-state index in [0.717, 1.165) is 20.4 Å². The third-order valence-corrected chi connectivity index (χ3v) is 4.51. The number of rotatable bonds is 3. The topological polar surface area (TPSA) is 88.0 Å². The van der Waals surface area contributed by atoms with Gasteiger partial charge < -0.3 is 10.4 Å². The minimum atomic E-state index is -0.965. The summed E-state index contributed by atoms with van der Waals surface area (Å²) < 4.78 is 0.891. The second kappa shape index (κ2) is 5.29. The van der Waals surface area contributed by atoms with Crippen molar-refractivity contribution < 1.29 is 9.90 Å². The minimum Gasteiger partial charge on any atom is -0.478 e. The molecular formula is C16H10N4O2S. The number of aromatic carboxylic acids is 1. The Morgan fingerprint density at radius 3 is 2.91 bits per heavy atom. The summed E-state index contributed by atoms with van der Waals surface area (Å²) >= 11 is 1.50. The molecule has 0 unspecified atom stereocenters. The van der Waals surface area contributed by atoms with Crippen molar-refractivity contribution in [3.05, 3.63) is 54.5 Å². The molecule has 0 bridgehead atoms. The van der Waals surface area contributed by atoms with Gasteiger partial charge in [0.05, 0.1) is 15.8 Å². The second-order valence-electron chi connectivity index (χ2n) is 4.87. The van der Waals surface area contributed by atoms with Gasteiger partial charge in [0.1, 0.15) is 11.2 Å². The molecule has 4 aromatic rings. The van der Waals surface area contributed by atoms with Gasteiger partial charge in [-0.1, -0.05) is 6.07 Å². The van der Waals surface area contributed by atoms with Crippen LogP contribution in [-0.2, 0) is 0 Å². The van der Waals surface area contributed by atoms with E-state index in [-0.39, 0.29) is 5.56 Å². The highest BCUT2D eigenvalue weighted by Crippen LogP contribution is 2.35. The maximum absolute atomic E-state index is 11.1. The molecule has 0 spiro atoms. The molecule has 0 atom stereocenters. The number of carboxylic acids is 1. The van der Waals surface area contributed by atoms with Gasteiger partial charge in [0.2, 0.25) is 0 Å². The van der Waals surface area contributed by atoms with Crippen LogP contribution >= 0.6 is 11.3 Å². The van der Waals surface area contributed by atoms with Crippen molar-refractivity contribution in [1.82, 2.24) is 15.0 Å². The van der Waals surface area contributed by atoms with Crippen LogP contribution in [0.3, 0.4) is 0 Å². The van der Waals surface area contributed by atoms with Gasteiger partial charge in [-0.3, -0.25) is 0 Å². The third kappa shape index (κ3) is 2.36. The number of carboxylic acid groups (broad SMARTS) is 1. The molecule has 0 radical (unpaired) electrons. The number of pyridine rings is 1. The van der Waals surface area contributed by atoms with Crippen LogP contribution in [0.15, 0.2) is 48.9 Å². The van der Waals surface area contributed by atoms with Gasteiger partial charge in [0.25, 0.3) is 0 Å². The Balaban J connectivity index is 1.83. The van der Waals surface area contributed by atoms with Crippen LogP contribution in [-0.4, -0.2) is 26.0 Å². The van der Waals surface area contributed by atoms with Crippen LogP contribution in [0.4, 0.5) is 11.5 Å². The summed E-state index contributed by atoms with van der Waals surface area (Å²) in [7, 11) is 0. The summed E-state index contributed by atoms with van der Waals surface area (Å²) in [6.07, 6.45) is 3.24. The number of thiophene rings is 1. The van der Waals surface area contributed by atoms with E-state index in [9.17, 15) is 4.79 Å². The van der Waals surface area contributed by atoms with Crippen molar-refractivity contribution in [2.24, 2.45) is 0 Å². The molecule has 2 N–H and O–H groups in total. The first kappa shape index (κ1) is 13.6. The first-order valence-corrected chi connectivity index (χ1v) is 7.62. The van der Waals surface area contributed by atoms with Crippen molar-refractivity contribution in [3.63, 3.8) is 0 Å². The summed E-state index contributed by atoms with van der Waals surface area (Å²) in [5.41, 5.74) is 1.72. The number of hydrogen-bond acceptors (Lipinski definition) is 6.